The Hall–Kier alpha value is -5.55. The normalized spacial score (nSPS) is 12.9. The highest BCUT2D eigenvalue weighted by atomic mass is 16.4. The van der Waals surface area contributed by atoms with E-state index in [-0.39, 0.29) is 0 Å². The number of rotatable bonds is 3. The number of aromatic nitrogens is 1. The fourth-order valence-corrected chi connectivity index (χ4v) is 6.33. The Morgan fingerprint density at radius 2 is 1.51 bits per heavy atom. The first-order valence-electron chi connectivity index (χ1n) is 13.8. The van der Waals surface area contributed by atoms with Crippen LogP contribution >= 0.6 is 0 Å². The molecule has 0 radical (unpaired) electrons. The van der Waals surface area contributed by atoms with Crippen molar-refractivity contribution in [1.82, 2.24) is 4.98 Å². The molecule has 0 unspecified atom stereocenters. The molecule has 0 saturated carbocycles. The van der Waals surface area contributed by atoms with Crippen molar-refractivity contribution in [3.05, 3.63) is 121 Å². The number of anilines is 4. The molecule has 5 nitrogen and oxygen atoms in total. The fourth-order valence-electron chi connectivity index (χ4n) is 6.33. The standard InChI is InChI=1S/C36H23N3O2/c1-2-8-24-22(7-1)19-31(26-10-4-3-9-25(24)26)39(23-14-15-32-28(20-23)27-11-6-17-38-36(27)41-32)30-12-5-13-34-35(30)29-21-37-18-16-33(29)40-34/h1-16,18-21,38H,17H2. The number of pyridine rings is 1. The van der Waals surface area contributed by atoms with E-state index < -0.39 is 0 Å². The first kappa shape index (κ1) is 22.3. The van der Waals surface area contributed by atoms with Gasteiger partial charge in [-0.2, -0.15) is 0 Å². The van der Waals surface area contributed by atoms with Crippen molar-refractivity contribution in [2.45, 2.75) is 0 Å². The topological polar surface area (TPSA) is 54.4 Å². The molecule has 3 aromatic heterocycles. The Labute approximate surface area is 234 Å². The van der Waals surface area contributed by atoms with Gasteiger partial charge in [0.25, 0.3) is 0 Å². The Morgan fingerprint density at radius 1 is 0.659 bits per heavy atom. The third-order valence-electron chi connectivity index (χ3n) is 8.14. The number of benzene rings is 5. The van der Waals surface area contributed by atoms with Crippen molar-refractivity contribution in [3.8, 4) is 0 Å². The maximum Gasteiger partial charge on any atom is 0.201 e. The van der Waals surface area contributed by atoms with E-state index in [9.17, 15) is 0 Å². The first-order valence-corrected chi connectivity index (χ1v) is 13.8. The lowest BCUT2D eigenvalue weighted by Crippen LogP contribution is -2.11. The van der Waals surface area contributed by atoms with Crippen LogP contribution < -0.4 is 10.2 Å². The van der Waals surface area contributed by atoms with Crippen molar-refractivity contribution >= 4 is 83.5 Å². The number of nitrogens with zero attached hydrogens (tertiary/aromatic N) is 2. The molecule has 0 saturated heterocycles. The molecule has 1 aliphatic rings. The summed E-state index contributed by atoms with van der Waals surface area (Å²) in [7, 11) is 0. The van der Waals surface area contributed by atoms with Crippen LogP contribution in [0.25, 0.3) is 60.5 Å². The van der Waals surface area contributed by atoms with Crippen LogP contribution in [-0.2, 0) is 0 Å². The highest BCUT2D eigenvalue weighted by Gasteiger charge is 2.23. The lowest BCUT2D eigenvalue weighted by atomic mass is 9.98. The summed E-state index contributed by atoms with van der Waals surface area (Å²) in [5.74, 6) is 0.816. The molecule has 0 spiro atoms. The summed E-state index contributed by atoms with van der Waals surface area (Å²) in [5.41, 5.74) is 6.74. The van der Waals surface area contributed by atoms with E-state index in [2.05, 4.69) is 112 Å². The molecule has 8 aromatic rings. The predicted octanol–water partition coefficient (Wildman–Crippen LogP) is 9.94. The molecule has 0 fully saturated rings. The van der Waals surface area contributed by atoms with E-state index in [4.69, 9.17) is 8.83 Å². The molecular formula is C36H23N3O2. The Bertz CT molecular complexity index is 2340. The average Bonchev–Trinajstić information content (AvgIpc) is 3.60. The number of furan rings is 2. The van der Waals surface area contributed by atoms with E-state index in [1.165, 1.54) is 21.5 Å². The lowest BCUT2D eigenvalue weighted by Gasteiger charge is -2.28. The van der Waals surface area contributed by atoms with Crippen LogP contribution in [0.3, 0.4) is 0 Å². The van der Waals surface area contributed by atoms with Crippen LogP contribution in [0.1, 0.15) is 5.56 Å². The molecule has 5 heteroatoms. The largest absolute Gasteiger partial charge is 0.456 e. The second kappa shape index (κ2) is 8.47. The van der Waals surface area contributed by atoms with Crippen LogP contribution in [-0.4, -0.2) is 11.5 Å². The van der Waals surface area contributed by atoms with Gasteiger partial charge in [-0.25, -0.2) is 0 Å². The van der Waals surface area contributed by atoms with Crippen molar-refractivity contribution < 1.29 is 8.83 Å². The molecule has 4 heterocycles. The van der Waals surface area contributed by atoms with Crippen molar-refractivity contribution in [1.29, 1.82) is 0 Å². The van der Waals surface area contributed by atoms with Crippen LogP contribution in [0.15, 0.2) is 124 Å². The van der Waals surface area contributed by atoms with Gasteiger partial charge in [0.1, 0.15) is 16.7 Å². The molecule has 9 rings (SSSR count). The highest BCUT2D eigenvalue weighted by Crippen LogP contribution is 2.47. The van der Waals surface area contributed by atoms with Gasteiger partial charge in [0.05, 0.1) is 16.8 Å². The van der Waals surface area contributed by atoms with Gasteiger partial charge in [-0.3, -0.25) is 4.98 Å². The Kier molecular flexibility index (Phi) is 4.61. The van der Waals surface area contributed by atoms with Gasteiger partial charge >= 0.3 is 0 Å². The van der Waals surface area contributed by atoms with Crippen molar-refractivity contribution in [3.63, 3.8) is 0 Å². The maximum atomic E-state index is 6.31. The Balaban J connectivity index is 1.42. The monoisotopic (exact) mass is 529 g/mol. The molecular weight excluding hydrogens is 506 g/mol. The zero-order valence-corrected chi connectivity index (χ0v) is 22.0. The molecule has 0 amide bonds. The minimum Gasteiger partial charge on any atom is -0.456 e. The van der Waals surface area contributed by atoms with Crippen molar-refractivity contribution in [2.24, 2.45) is 0 Å². The van der Waals surface area contributed by atoms with Crippen molar-refractivity contribution in [2.75, 3.05) is 16.8 Å². The minimum absolute atomic E-state index is 0.762. The summed E-state index contributed by atoms with van der Waals surface area (Å²) >= 11 is 0. The van der Waals surface area contributed by atoms with Crippen LogP contribution in [0.4, 0.5) is 22.9 Å². The second-order valence-corrected chi connectivity index (χ2v) is 10.4. The van der Waals surface area contributed by atoms with E-state index >= 15 is 0 Å². The molecule has 0 aliphatic carbocycles. The summed E-state index contributed by atoms with van der Waals surface area (Å²) < 4.78 is 12.5. The van der Waals surface area contributed by atoms with Gasteiger partial charge < -0.3 is 19.1 Å². The first-order chi connectivity index (χ1) is 20.3. The van der Waals surface area contributed by atoms with Crippen LogP contribution in [0.5, 0.6) is 0 Å². The van der Waals surface area contributed by atoms with Crippen LogP contribution in [0, 0.1) is 0 Å². The smallest absolute Gasteiger partial charge is 0.201 e. The summed E-state index contributed by atoms with van der Waals surface area (Å²) in [5, 5.41) is 11.3. The highest BCUT2D eigenvalue weighted by molar-refractivity contribution is 6.18. The lowest BCUT2D eigenvalue weighted by molar-refractivity contribution is 0.628. The van der Waals surface area contributed by atoms with E-state index in [0.29, 0.717) is 0 Å². The number of fused-ring (bicyclic) bond motifs is 9. The van der Waals surface area contributed by atoms with E-state index in [0.717, 1.165) is 68.0 Å². The zero-order chi connectivity index (χ0) is 26.9. The van der Waals surface area contributed by atoms with E-state index in [1.54, 1.807) is 6.20 Å². The number of hydrogen-bond acceptors (Lipinski definition) is 5. The summed E-state index contributed by atoms with van der Waals surface area (Å²) in [6, 6.07) is 34.2. The summed E-state index contributed by atoms with van der Waals surface area (Å²) in [6.07, 6.45) is 7.95. The SMILES string of the molecule is C1=Cc2c(oc3ccc(N(c4cc5ccccc5c5ccccc45)c4cccc5oc6ccncc6c45)cc23)NC1. The third kappa shape index (κ3) is 3.26. The molecule has 1 N–H and O–H groups in total. The second-order valence-electron chi connectivity index (χ2n) is 10.4. The molecule has 194 valence electrons. The minimum atomic E-state index is 0.762. The summed E-state index contributed by atoms with van der Waals surface area (Å²) in [6.45, 7) is 0.762. The number of nitrogens with one attached hydrogen (secondary N) is 1. The molecule has 5 aromatic carbocycles. The van der Waals surface area contributed by atoms with Gasteiger partial charge in [-0.05, 0) is 58.6 Å². The third-order valence-corrected chi connectivity index (χ3v) is 8.14. The molecule has 1 aliphatic heterocycles. The van der Waals surface area contributed by atoms with Gasteiger partial charge in [-0.1, -0.05) is 66.7 Å². The molecule has 0 atom stereocenters. The fraction of sp³-hybridized carbons (Fsp3) is 0.0278. The number of hydrogen-bond donors (Lipinski definition) is 1. The predicted molar refractivity (Wildman–Crippen MR) is 169 cm³/mol. The molecule has 41 heavy (non-hydrogen) atoms. The average molecular weight is 530 g/mol. The summed E-state index contributed by atoms with van der Waals surface area (Å²) in [4.78, 5) is 6.81. The van der Waals surface area contributed by atoms with E-state index in [1.807, 2.05) is 18.3 Å². The van der Waals surface area contributed by atoms with Gasteiger partial charge in [0.15, 0.2) is 0 Å². The van der Waals surface area contributed by atoms with Gasteiger partial charge in [0.2, 0.25) is 5.88 Å². The van der Waals surface area contributed by atoms with Gasteiger partial charge in [-0.15, -0.1) is 0 Å². The Morgan fingerprint density at radius 3 is 2.46 bits per heavy atom. The van der Waals surface area contributed by atoms with Crippen LogP contribution in [0.2, 0.25) is 0 Å². The maximum absolute atomic E-state index is 6.31. The molecule has 0 bridgehead atoms. The quantitative estimate of drug-likeness (QED) is 0.231. The zero-order valence-electron chi connectivity index (χ0n) is 22.0. The van der Waals surface area contributed by atoms with Gasteiger partial charge in [0, 0.05) is 46.3 Å².